The number of anilines is 1. The summed E-state index contributed by atoms with van der Waals surface area (Å²) in [5, 5.41) is 1.69. The maximum Gasteiger partial charge on any atom is 0.139 e. The van der Waals surface area contributed by atoms with Gasteiger partial charge in [-0.25, -0.2) is 4.98 Å². The van der Waals surface area contributed by atoms with E-state index >= 15 is 0 Å². The molecule has 2 heterocycles. The van der Waals surface area contributed by atoms with Crippen molar-refractivity contribution in [2.24, 2.45) is 5.84 Å². The lowest BCUT2D eigenvalue weighted by molar-refractivity contribution is 0.573. The summed E-state index contributed by atoms with van der Waals surface area (Å²) in [5.74, 6) is 6.74. The Balaban J connectivity index is 2.08. The average Bonchev–Trinajstić information content (AvgIpc) is 2.73. The summed E-state index contributed by atoms with van der Waals surface area (Å²) in [6.45, 7) is 6.16. The topological polar surface area (TPSA) is 54.2 Å². The summed E-state index contributed by atoms with van der Waals surface area (Å²) in [6, 6.07) is 16.1. The Morgan fingerprint density at radius 2 is 1.81 bits per heavy atom. The van der Waals surface area contributed by atoms with Crippen LogP contribution in [0, 0.1) is 0 Å². The van der Waals surface area contributed by atoms with E-state index in [1.807, 2.05) is 36.4 Å². The van der Waals surface area contributed by atoms with Crippen LogP contribution in [-0.4, -0.2) is 18.1 Å². The molecule has 4 rings (SSSR count). The van der Waals surface area contributed by atoms with Gasteiger partial charge in [-0.05, 0) is 43.0 Å². The van der Waals surface area contributed by atoms with Gasteiger partial charge in [-0.1, -0.05) is 48.5 Å². The summed E-state index contributed by atoms with van der Waals surface area (Å²) in [4.78, 5) is 7.36. The number of nitrogens with one attached hydrogen (secondary N) is 1. The zero-order valence-electron chi connectivity index (χ0n) is 15.2. The lowest BCUT2D eigenvalue weighted by Gasteiger charge is -2.31. The number of pyridine rings is 1. The van der Waals surface area contributed by atoms with Gasteiger partial charge in [0.25, 0.3) is 0 Å². The molecular weight excluding hydrogens is 356 g/mol. The first kappa shape index (κ1) is 17.8. The van der Waals surface area contributed by atoms with Crippen LogP contribution < -0.4 is 16.2 Å². The van der Waals surface area contributed by atoms with E-state index in [1.54, 1.807) is 0 Å². The first-order valence-corrected chi connectivity index (χ1v) is 9.66. The highest BCUT2D eigenvalue weighted by molar-refractivity contribution is 6.31. The molecule has 1 aliphatic rings. The van der Waals surface area contributed by atoms with E-state index in [-0.39, 0.29) is 0 Å². The lowest BCUT2D eigenvalue weighted by atomic mass is 9.93. The zero-order valence-corrected chi connectivity index (χ0v) is 16.0. The second kappa shape index (κ2) is 7.59. The molecule has 1 fully saturated rings. The smallest absolute Gasteiger partial charge is 0.139 e. The van der Waals surface area contributed by atoms with E-state index < -0.39 is 0 Å². The molecule has 138 valence electrons. The van der Waals surface area contributed by atoms with Gasteiger partial charge in [0.1, 0.15) is 5.82 Å². The van der Waals surface area contributed by atoms with Crippen molar-refractivity contribution >= 4 is 34.0 Å². The van der Waals surface area contributed by atoms with Gasteiger partial charge in [-0.3, -0.25) is 5.84 Å². The maximum absolute atomic E-state index is 6.33. The molecule has 0 radical (unpaired) electrons. The first-order valence-electron chi connectivity index (χ1n) is 9.28. The number of benzene rings is 2. The van der Waals surface area contributed by atoms with Gasteiger partial charge in [-0.2, -0.15) is 0 Å². The van der Waals surface area contributed by atoms with Gasteiger partial charge >= 0.3 is 0 Å². The molecule has 1 aromatic heterocycles. The van der Waals surface area contributed by atoms with Gasteiger partial charge in [-0.15, -0.1) is 0 Å². The summed E-state index contributed by atoms with van der Waals surface area (Å²) in [5.41, 5.74) is 7.44. The number of hydrogen-bond acceptors (Lipinski definition) is 4. The first-order chi connectivity index (χ1) is 13.2. The van der Waals surface area contributed by atoms with Crippen LogP contribution in [-0.2, 0) is 0 Å². The Hall–Kier alpha value is -2.56. The van der Waals surface area contributed by atoms with Crippen molar-refractivity contribution < 1.29 is 0 Å². The largest absolute Gasteiger partial charge is 0.356 e. The number of aromatic nitrogens is 1. The lowest BCUT2D eigenvalue weighted by Crippen LogP contribution is -2.32. The van der Waals surface area contributed by atoms with Crippen LogP contribution in [0.25, 0.3) is 27.7 Å². The normalized spacial score (nSPS) is 14.4. The standard InChI is InChI=1S/C22H23ClN4/c1-15(26-24)20-21(16-8-4-2-5-9-16)18-14-17(23)10-11-19(18)25-22(20)27-12-6-3-7-13-27/h2,4-5,8-11,14,26H,1,3,6-7,12-13,24H2. The van der Waals surface area contributed by atoms with Crippen LogP contribution in [0.15, 0.2) is 55.1 Å². The van der Waals surface area contributed by atoms with Crippen LogP contribution in [0.2, 0.25) is 5.02 Å². The molecule has 1 saturated heterocycles. The molecule has 0 amide bonds. The number of nitrogens with zero attached hydrogens (tertiary/aromatic N) is 2. The van der Waals surface area contributed by atoms with Gasteiger partial charge in [0.2, 0.25) is 0 Å². The number of piperidine rings is 1. The van der Waals surface area contributed by atoms with E-state index in [9.17, 15) is 0 Å². The van der Waals surface area contributed by atoms with Crippen LogP contribution in [0.1, 0.15) is 24.8 Å². The van der Waals surface area contributed by atoms with Gasteiger partial charge in [0, 0.05) is 34.6 Å². The minimum absolute atomic E-state index is 0.656. The van der Waals surface area contributed by atoms with Crippen molar-refractivity contribution in [3.8, 4) is 11.1 Å². The Morgan fingerprint density at radius 1 is 1.07 bits per heavy atom. The van der Waals surface area contributed by atoms with Crippen molar-refractivity contribution in [3.63, 3.8) is 0 Å². The molecule has 0 unspecified atom stereocenters. The van der Waals surface area contributed by atoms with E-state index in [0.717, 1.165) is 46.5 Å². The van der Waals surface area contributed by atoms with Crippen molar-refractivity contribution in [1.29, 1.82) is 0 Å². The third-order valence-corrected chi connectivity index (χ3v) is 5.36. The van der Waals surface area contributed by atoms with Crippen LogP contribution in [0.3, 0.4) is 0 Å². The Labute approximate surface area is 164 Å². The Kier molecular flexibility index (Phi) is 5.01. The summed E-state index contributed by atoms with van der Waals surface area (Å²) in [6.07, 6.45) is 3.60. The van der Waals surface area contributed by atoms with Gasteiger partial charge < -0.3 is 10.3 Å². The van der Waals surface area contributed by atoms with Crippen LogP contribution in [0.4, 0.5) is 5.82 Å². The SMILES string of the molecule is C=C(NN)c1c(N2CCCCC2)nc2ccc(Cl)cc2c1-c1ccccc1. The van der Waals surface area contributed by atoms with Gasteiger partial charge in [0.05, 0.1) is 11.2 Å². The van der Waals surface area contributed by atoms with E-state index in [2.05, 4.69) is 29.0 Å². The molecule has 3 N–H and O–H groups in total. The molecule has 5 heteroatoms. The summed E-state index contributed by atoms with van der Waals surface area (Å²) >= 11 is 6.33. The number of fused-ring (bicyclic) bond motifs is 1. The van der Waals surface area contributed by atoms with Crippen LogP contribution >= 0.6 is 11.6 Å². The Bertz CT molecular complexity index is 979. The summed E-state index contributed by atoms with van der Waals surface area (Å²) in [7, 11) is 0. The number of hydrogen-bond donors (Lipinski definition) is 2. The Morgan fingerprint density at radius 3 is 2.52 bits per heavy atom. The molecule has 1 aliphatic heterocycles. The molecule has 4 nitrogen and oxygen atoms in total. The molecule has 0 aliphatic carbocycles. The number of rotatable bonds is 4. The fourth-order valence-corrected chi connectivity index (χ4v) is 3.99. The molecule has 0 atom stereocenters. The fraction of sp³-hybridized carbons (Fsp3) is 0.227. The quantitative estimate of drug-likeness (QED) is 0.496. The second-order valence-electron chi connectivity index (χ2n) is 6.88. The molecule has 0 spiro atoms. The van der Waals surface area contributed by atoms with Crippen molar-refractivity contribution in [1.82, 2.24) is 10.4 Å². The predicted octanol–water partition coefficient (Wildman–Crippen LogP) is 4.98. The van der Waals surface area contributed by atoms with E-state index in [4.69, 9.17) is 22.4 Å². The molecule has 3 aromatic rings. The fourth-order valence-electron chi connectivity index (χ4n) is 3.82. The van der Waals surface area contributed by atoms with Gasteiger partial charge in [0.15, 0.2) is 0 Å². The summed E-state index contributed by atoms with van der Waals surface area (Å²) < 4.78 is 0. The highest BCUT2D eigenvalue weighted by atomic mass is 35.5. The average molecular weight is 379 g/mol. The highest BCUT2D eigenvalue weighted by Gasteiger charge is 2.23. The highest BCUT2D eigenvalue weighted by Crippen LogP contribution is 2.40. The van der Waals surface area contributed by atoms with Crippen LogP contribution in [0.5, 0.6) is 0 Å². The molecule has 0 saturated carbocycles. The van der Waals surface area contributed by atoms with Crippen molar-refractivity contribution in [3.05, 3.63) is 65.7 Å². The monoisotopic (exact) mass is 378 g/mol. The number of hydrazine groups is 1. The predicted molar refractivity (Wildman–Crippen MR) is 115 cm³/mol. The number of halogens is 1. The third-order valence-electron chi connectivity index (χ3n) is 5.12. The van der Waals surface area contributed by atoms with Crippen molar-refractivity contribution in [2.45, 2.75) is 19.3 Å². The van der Waals surface area contributed by atoms with E-state index in [1.165, 1.54) is 19.3 Å². The van der Waals surface area contributed by atoms with Crippen molar-refractivity contribution in [2.75, 3.05) is 18.0 Å². The zero-order chi connectivity index (χ0) is 18.8. The van der Waals surface area contributed by atoms with E-state index in [0.29, 0.717) is 10.7 Å². The molecule has 2 aromatic carbocycles. The molecule has 0 bridgehead atoms. The molecule has 27 heavy (non-hydrogen) atoms. The minimum Gasteiger partial charge on any atom is -0.356 e. The third kappa shape index (κ3) is 3.38. The minimum atomic E-state index is 0.656. The number of nitrogens with two attached hydrogens (primary N) is 1. The maximum atomic E-state index is 6.33. The second-order valence-corrected chi connectivity index (χ2v) is 7.32. The molecular formula is C22H23ClN4.